The van der Waals surface area contributed by atoms with Gasteiger partial charge in [-0.15, -0.1) is 0 Å². The fourth-order valence-electron chi connectivity index (χ4n) is 1.07. The average Bonchev–Trinajstić information content (AvgIpc) is 2.26. The van der Waals surface area contributed by atoms with E-state index >= 15 is 0 Å². The van der Waals surface area contributed by atoms with Crippen molar-refractivity contribution in [2.75, 3.05) is 11.9 Å². The second-order valence-corrected chi connectivity index (χ2v) is 4.24. The Morgan fingerprint density at radius 1 is 1.31 bits per heavy atom. The summed E-state index contributed by atoms with van der Waals surface area (Å²) in [6.45, 7) is 9.30. The van der Waals surface area contributed by atoms with E-state index in [-0.39, 0.29) is 6.10 Å². The van der Waals surface area contributed by atoms with Gasteiger partial charge in [-0.2, -0.15) is 4.98 Å². The van der Waals surface area contributed by atoms with Gasteiger partial charge in [-0.25, -0.2) is 0 Å². The third-order valence-electron chi connectivity index (χ3n) is 2.41. The Bertz CT molecular complexity index is 315. The fraction of sp³-hybridized carbons (Fsp3) is 0.667. The molecule has 4 heteroatoms. The van der Waals surface area contributed by atoms with Gasteiger partial charge in [0.05, 0.1) is 18.5 Å². The van der Waals surface area contributed by atoms with Crippen LogP contribution in [0.1, 0.15) is 34.1 Å². The molecule has 0 aromatic carbocycles. The SMILES string of the molecule is CCCNc1cncc(OC(C)C(C)C)n1. The molecule has 1 atom stereocenters. The smallest absolute Gasteiger partial charge is 0.234 e. The first kappa shape index (κ1) is 12.7. The van der Waals surface area contributed by atoms with Crippen LogP contribution in [-0.4, -0.2) is 22.6 Å². The topological polar surface area (TPSA) is 47.0 Å². The van der Waals surface area contributed by atoms with E-state index in [1.807, 2.05) is 6.92 Å². The number of anilines is 1. The normalized spacial score (nSPS) is 12.6. The quantitative estimate of drug-likeness (QED) is 0.805. The minimum absolute atomic E-state index is 0.149. The van der Waals surface area contributed by atoms with Crippen LogP contribution in [0.4, 0.5) is 5.82 Å². The van der Waals surface area contributed by atoms with Crippen LogP contribution < -0.4 is 10.1 Å². The van der Waals surface area contributed by atoms with Crippen LogP contribution in [0.25, 0.3) is 0 Å². The second-order valence-electron chi connectivity index (χ2n) is 4.24. The molecule has 0 saturated heterocycles. The maximum Gasteiger partial charge on any atom is 0.234 e. The number of aromatic nitrogens is 2. The highest BCUT2D eigenvalue weighted by molar-refractivity contribution is 5.32. The number of nitrogens with zero attached hydrogens (tertiary/aromatic N) is 2. The lowest BCUT2D eigenvalue weighted by molar-refractivity contribution is 0.163. The molecule has 0 aliphatic rings. The zero-order valence-electron chi connectivity index (χ0n) is 10.5. The average molecular weight is 223 g/mol. The van der Waals surface area contributed by atoms with Crippen molar-refractivity contribution in [2.45, 2.75) is 40.2 Å². The summed E-state index contributed by atoms with van der Waals surface area (Å²) in [4.78, 5) is 8.44. The van der Waals surface area contributed by atoms with Gasteiger partial charge >= 0.3 is 0 Å². The van der Waals surface area contributed by atoms with Gasteiger partial charge in [-0.05, 0) is 19.3 Å². The Labute approximate surface area is 97.5 Å². The molecular formula is C12H21N3O. The number of ether oxygens (including phenoxy) is 1. The lowest BCUT2D eigenvalue weighted by Gasteiger charge is -2.17. The lowest BCUT2D eigenvalue weighted by atomic mass is 10.1. The highest BCUT2D eigenvalue weighted by Crippen LogP contribution is 2.14. The highest BCUT2D eigenvalue weighted by Gasteiger charge is 2.09. The van der Waals surface area contributed by atoms with Gasteiger partial charge in [-0.1, -0.05) is 20.8 Å². The Morgan fingerprint density at radius 3 is 2.69 bits per heavy atom. The largest absolute Gasteiger partial charge is 0.473 e. The van der Waals surface area contributed by atoms with Gasteiger partial charge in [0.1, 0.15) is 5.82 Å². The number of hydrogen-bond acceptors (Lipinski definition) is 4. The van der Waals surface area contributed by atoms with Crippen molar-refractivity contribution in [2.24, 2.45) is 5.92 Å². The van der Waals surface area contributed by atoms with Crippen LogP contribution in [0.2, 0.25) is 0 Å². The van der Waals surface area contributed by atoms with Crippen LogP contribution in [0.3, 0.4) is 0 Å². The minimum Gasteiger partial charge on any atom is -0.473 e. The Hall–Kier alpha value is -1.32. The third kappa shape index (κ3) is 4.04. The van der Waals surface area contributed by atoms with Gasteiger partial charge < -0.3 is 10.1 Å². The molecule has 4 nitrogen and oxygen atoms in total. The summed E-state index contributed by atoms with van der Waals surface area (Å²) in [7, 11) is 0. The van der Waals surface area contributed by atoms with E-state index in [0.29, 0.717) is 11.8 Å². The summed E-state index contributed by atoms with van der Waals surface area (Å²) >= 11 is 0. The summed E-state index contributed by atoms with van der Waals surface area (Å²) in [5.41, 5.74) is 0. The summed E-state index contributed by atoms with van der Waals surface area (Å²) in [5, 5.41) is 3.18. The van der Waals surface area contributed by atoms with Crippen molar-refractivity contribution in [3.8, 4) is 5.88 Å². The van der Waals surface area contributed by atoms with E-state index in [0.717, 1.165) is 18.8 Å². The maximum atomic E-state index is 5.68. The first-order valence-corrected chi connectivity index (χ1v) is 5.86. The molecule has 90 valence electrons. The molecule has 1 aromatic heterocycles. The first-order chi connectivity index (χ1) is 7.63. The molecule has 0 bridgehead atoms. The van der Waals surface area contributed by atoms with Crippen molar-refractivity contribution >= 4 is 5.82 Å². The summed E-state index contributed by atoms with van der Waals surface area (Å²) in [6.07, 6.45) is 4.57. The monoisotopic (exact) mass is 223 g/mol. The summed E-state index contributed by atoms with van der Waals surface area (Å²) in [5.74, 6) is 1.83. The van der Waals surface area contributed by atoms with Crippen LogP contribution >= 0.6 is 0 Å². The van der Waals surface area contributed by atoms with Crippen molar-refractivity contribution in [1.82, 2.24) is 9.97 Å². The van der Waals surface area contributed by atoms with Crippen molar-refractivity contribution in [3.63, 3.8) is 0 Å². The second kappa shape index (κ2) is 6.30. The molecule has 1 rings (SSSR count). The number of hydrogen-bond donors (Lipinski definition) is 1. The van der Waals surface area contributed by atoms with Crippen LogP contribution in [-0.2, 0) is 0 Å². The van der Waals surface area contributed by atoms with Crippen LogP contribution in [0, 0.1) is 5.92 Å². The maximum absolute atomic E-state index is 5.68. The molecule has 0 radical (unpaired) electrons. The molecule has 1 N–H and O–H groups in total. The van der Waals surface area contributed by atoms with E-state index < -0.39 is 0 Å². The van der Waals surface area contributed by atoms with E-state index in [4.69, 9.17) is 4.74 Å². The van der Waals surface area contributed by atoms with Gasteiger partial charge in [0.15, 0.2) is 0 Å². The molecule has 0 amide bonds. The van der Waals surface area contributed by atoms with E-state index in [2.05, 4.69) is 36.1 Å². The first-order valence-electron chi connectivity index (χ1n) is 5.86. The minimum atomic E-state index is 0.149. The molecule has 1 aromatic rings. The van der Waals surface area contributed by atoms with E-state index in [9.17, 15) is 0 Å². The zero-order chi connectivity index (χ0) is 12.0. The van der Waals surface area contributed by atoms with E-state index in [1.165, 1.54) is 0 Å². The predicted molar refractivity (Wildman–Crippen MR) is 65.7 cm³/mol. The van der Waals surface area contributed by atoms with Gasteiger partial charge in [0.25, 0.3) is 0 Å². The van der Waals surface area contributed by atoms with Gasteiger partial charge in [0, 0.05) is 6.54 Å². The third-order valence-corrected chi connectivity index (χ3v) is 2.41. The Balaban J connectivity index is 2.59. The fourth-order valence-corrected chi connectivity index (χ4v) is 1.07. The zero-order valence-corrected chi connectivity index (χ0v) is 10.5. The molecule has 16 heavy (non-hydrogen) atoms. The summed E-state index contributed by atoms with van der Waals surface area (Å²) in [6, 6.07) is 0. The van der Waals surface area contributed by atoms with Crippen molar-refractivity contribution < 1.29 is 4.74 Å². The Kier molecular flexibility index (Phi) is 5.02. The predicted octanol–water partition coefficient (Wildman–Crippen LogP) is 2.72. The standard InChI is InChI=1S/C12H21N3O/c1-5-6-14-11-7-13-8-12(15-11)16-10(4)9(2)3/h7-10H,5-6H2,1-4H3,(H,14,15). The van der Waals surface area contributed by atoms with Crippen LogP contribution in [0.5, 0.6) is 5.88 Å². The molecule has 0 aliphatic heterocycles. The highest BCUT2D eigenvalue weighted by atomic mass is 16.5. The van der Waals surface area contributed by atoms with Gasteiger partial charge in [0.2, 0.25) is 5.88 Å². The molecule has 1 heterocycles. The number of rotatable bonds is 6. The lowest BCUT2D eigenvalue weighted by Crippen LogP contribution is -2.19. The molecule has 0 fully saturated rings. The van der Waals surface area contributed by atoms with Crippen molar-refractivity contribution in [1.29, 1.82) is 0 Å². The molecule has 0 saturated carbocycles. The van der Waals surface area contributed by atoms with Crippen LogP contribution in [0.15, 0.2) is 12.4 Å². The number of nitrogens with one attached hydrogen (secondary N) is 1. The molecule has 0 spiro atoms. The summed E-state index contributed by atoms with van der Waals surface area (Å²) < 4.78 is 5.68. The molecular weight excluding hydrogens is 202 g/mol. The van der Waals surface area contributed by atoms with Gasteiger partial charge in [-0.3, -0.25) is 4.98 Å². The Morgan fingerprint density at radius 2 is 2.06 bits per heavy atom. The molecule has 1 unspecified atom stereocenters. The molecule has 0 aliphatic carbocycles. The van der Waals surface area contributed by atoms with E-state index in [1.54, 1.807) is 12.4 Å². The van der Waals surface area contributed by atoms with Crippen molar-refractivity contribution in [3.05, 3.63) is 12.4 Å².